The van der Waals surface area contributed by atoms with Gasteiger partial charge in [-0.2, -0.15) is 0 Å². The Bertz CT molecular complexity index is 358. The molecule has 1 aliphatic rings. The summed E-state index contributed by atoms with van der Waals surface area (Å²) in [7, 11) is 1.68. The van der Waals surface area contributed by atoms with E-state index in [-0.39, 0.29) is 6.10 Å². The van der Waals surface area contributed by atoms with Crippen molar-refractivity contribution in [2.24, 2.45) is 0 Å². The van der Waals surface area contributed by atoms with Crippen LogP contribution in [0.4, 0.5) is 5.69 Å². The van der Waals surface area contributed by atoms with Crippen molar-refractivity contribution < 1.29 is 9.84 Å². The topological polar surface area (TPSA) is 44.7 Å². The molecule has 1 heterocycles. The Morgan fingerprint density at radius 1 is 1.35 bits per heavy atom. The normalized spacial score (nSPS) is 25.5. The van der Waals surface area contributed by atoms with Crippen molar-refractivity contribution in [3.05, 3.63) is 24.3 Å². The highest BCUT2D eigenvalue weighted by molar-refractivity contribution is 5.58. The number of hydrogen-bond acceptors (Lipinski definition) is 4. The molecule has 17 heavy (non-hydrogen) atoms. The molecule has 4 nitrogen and oxygen atoms in total. The summed E-state index contributed by atoms with van der Waals surface area (Å²) in [5, 5.41) is 13.2. The van der Waals surface area contributed by atoms with E-state index in [1.165, 1.54) is 0 Å². The van der Waals surface area contributed by atoms with E-state index in [1.54, 1.807) is 7.11 Å². The minimum Gasteiger partial charge on any atom is -0.495 e. The first-order valence-corrected chi connectivity index (χ1v) is 6.00. The maximum atomic E-state index is 9.86. The predicted molar refractivity (Wildman–Crippen MR) is 68.7 cm³/mol. The SMILES string of the molecule is COc1ccccc1N1CC(O)CNC(C)C1. The molecule has 2 atom stereocenters. The molecule has 1 fully saturated rings. The number of benzene rings is 1. The average Bonchev–Trinajstić information content (AvgIpc) is 2.51. The van der Waals surface area contributed by atoms with Gasteiger partial charge in [0.25, 0.3) is 0 Å². The molecule has 0 aliphatic carbocycles. The number of hydrogen-bond donors (Lipinski definition) is 2. The van der Waals surface area contributed by atoms with Crippen LogP contribution in [0.15, 0.2) is 24.3 Å². The van der Waals surface area contributed by atoms with Crippen LogP contribution in [0.3, 0.4) is 0 Å². The van der Waals surface area contributed by atoms with Crippen LogP contribution in [-0.4, -0.2) is 44.0 Å². The summed E-state index contributed by atoms with van der Waals surface area (Å²) in [4.78, 5) is 2.17. The number of nitrogens with zero attached hydrogens (tertiary/aromatic N) is 1. The molecule has 4 heteroatoms. The molecule has 94 valence electrons. The zero-order chi connectivity index (χ0) is 12.3. The van der Waals surface area contributed by atoms with Gasteiger partial charge in [0.05, 0.1) is 18.9 Å². The predicted octanol–water partition coefficient (Wildman–Crippen LogP) is 0.854. The van der Waals surface area contributed by atoms with Crippen molar-refractivity contribution in [1.82, 2.24) is 5.32 Å². The van der Waals surface area contributed by atoms with Gasteiger partial charge in [0.15, 0.2) is 0 Å². The minimum atomic E-state index is -0.343. The number of aliphatic hydroxyl groups is 1. The van der Waals surface area contributed by atoms with E-state index in [0.717, 1.165) is 18.0 Å². The molecule has 2 unspecified atom stereocenters. The lowest BCUT2D eigenvalue weighted by Crippen LogP contribution is -2.35. The molecule has 0 saturated carbocycles. The number of β-amino-alcohol motifs (C(OH)–C–C–N with tert-alkyl or cyclic N) is 1. The van der Waals surface area contributed by atoms with E-state index in [9.17, 15) is 5.11 Å². The number of aliphatic hydroxyl groups excluding tert-OH is 1. The van der Waals surface area contributed by atoms with Gasteiger partial charge in [-0.3, -0.25) is 0 Å². The molecule has 1 aliphatic heterocycles. The van der Waals surface area contributed by atoms with Crippen LogP contribution >= 0.6 is 0 Å². The second kappa shape index (κ2) is 5.38. The van der Waals surface area contributed by atoms with E-state index < -0.39 is 0 Å². The Morgan fingerprint density at radius 2 is 2.12 bits per heavy atom. The number of para-hydroxylation sites is 2. The molecule has 2 rings (SSSR count). The summed E-state index contributed by atoms with van der Waals surface area (Å²) in [5.74, 6) is 0.855. The number of rotatable bonds is 2. The number of methoxy groups -OCH3 is 1. The summed E-state index contributed by atoms with van der Waals surface area (Å²) in [6.07, 6.45) is -0.343. The van der Waals surface area contributed by atoms with Crippen molar-refractivity contribution in [1.29, 1.82) is 0 Å². The highest BCUT2D eigenvalue weighted by Crippen LogP contribution is 2.28. The van der Waals surface area contributed by atoms with Crippen molar-refractivity contribution >= 4 is 5.69 Å². The van der Waals surface area contributed by atoms with Crippen molar-refractivity contribution in [3.8, 4) is 5.75 Å². The molecular weight excluding hydrogens is 216 g/mol. The van der Waals surface area contributed by atoms with Gasteiger partial charge in [-0.15, -0.1) is 0 Å². The summed E-state index contributed by atoms with van der Waals surface area (Å²) >= 11 is 0. The molecule has 2 N–H and O–H groups in total. The van der Waals surface area contributed by atoms with E-state index in [4.69, 9.17) is 4.74 Å². The van der Waals surface area contributed by atoms with Crippen LogP contribution in [0.5, 0.6) is 5.75 Å². The Morgan fingerprint density at radius 3 is 2.88 bits per heavy atom. The quantitative estimate of drug-likeness (QED) is 0.799. The number of anilines is 1. The summed E-state index contributed by atoms with van der Waals surface area (Å²) in [5.41, 5.74) is 1.05. The van der Waals surface area contributed by atoms with E-state index in [0.29, 0.717) is 19.1 Å². The van der Waals surface area contributed by atoms with E-state index >= 15 is 0 Å². The molecule has 0 bridgehead atoms. The van der Waals surface area contributed by atoms with Crippen molar-refractivity contribution in [2.45, 2.75) is 19.1 Å². The van der Waals surface area contributed by atoms with E-state index in [2.05, 4.69) is 17.1 Å². The maximum absolute atomic E-state index is 9.86. The standard InChI is InChI=1S/C13H20N2O2/c1-10-8-15(9-11(16)7-14-10)12-5-3-4-6-13(12)17-2/h3-6,10-11,14,16H,7-9H2,1-2H3. The monoisotopic (exact) mass is 236 g/mol. The maximum Gasteiger partial charge on any atom is 0.142 e. The first-order valence-electron chi connectivity index (χ1n) is 6.00. The Balaban J connectivity index is 2.24. The fourth-order valence-corrected chi connectivity index (χ4v) is 2.21. The third-order valence-corrected chi connectivity index (χ3v) is 3.05. The zero-order valence-electron chi connectivity index (χ0n) is 10.4. The molecule has 1 aromatic carbocycles. The van der Waals surface area contributed by atoms with Crippen LogP contribution in [0.2, 0.25) is 0 Å². The molecule has 1 saturated heterocycles. The Hall–Kier alpha value is -1.26. The third kappa shape index (κ3) is 2.90. The van der Waals surface area contributed by atoms with Gasteiger partial charge in [0.1, 0.15) is 5.75 Å². The lowest BCUT2D eigenvalue weighted by molar-refractivity contribution is 0.183. The molecule has 0 radical (unpaired) electrons. The molecule has 1 aromatic rings. The van der Waals surface area contributed by atoms with E-state index in [1.807, 2.05) is 24.3 Å². The third-order valence-electron chi connectivity index (χ3n) is 3.05. The lowest BCUT2D eigenvalue weighted by Gasteiger charge is -2.27. The largest absolute Gasteiger partial charge is 0.495 e. The first-order chi connectivity index (χ1) is 8.20. The lowest BCUT2D eigenvalue weighted by atomic mass is 10.2. The Labute approximate surface area is 102 Å². The zero-order valence-corrected chi connectivity index (χ0v) is 10.4. The summed E-state index contributed by atoms with van der Waals surface area (Å²) < 4.78 is 5.37. The smallest absolute Gasteiger partial charge is 0.142 e. The second-order valence-corrected chi connectivity index (χ2v) is 4.54. The van der Waals surface area contributed by atoms with Gasteiger partial charge in [0.2, 0.25) is 0 Å². The van der Waals surface area contributed by atoms with Gasteiger partial charge >= 0.3 is 0 Å². The molecule has 0 spiro atoms. The van der Waals surface area contributed by atoms with Crippen LogP contribution in [0, 0.1) is 0 Å². The highest BCUT2D eigenvalue weighted by Gasteiger charge is 2.21. The fourth-order valence-electron chi connectivity index (χ4n) is 2.21. The summed E-state index contributed by atoms with van der Waals surface area (Å²) in [6, 6.07) is 8.29. The Kier molecular flexibility index (Phi) is 3.86. The van der Waals surface area contributed by atoms with Crippen LogP contribution in [-0.2, 0) is 0 Å². The number of ether oxygens (including phenoxy) is 1. The fraction of sp³-hybridized carbons (Fsp3) is 0.538. The first kappa shape index (κ1) is 12.2. The molecular formula is C13H20N2O2. The van der Waals surface area contributed by atoms with Crippen LogP contribution in [0.1, 0.15) is 6.92 Å². The van der Waals surface area contributed by atoms with Crippen LogP contribution in [0.25, 0.3) is 0 Å². The second-order valence-electron chi connectivity index (χ2n) is 4.54. The van der Waals surface area contributed by atoms with Gasteiger partial charge in [-0.05, 0) is 19.1 Å². The van der Waals surface area contributed by atoms with Gasteiger partial charge in [-0.25, -0.2) is 0 Å². The van der Waals surface area contributed by atoms with Crippen molar-refractivity contribution in [2.75, 3.05) is 31.6 Å². The van der Waals surface area contributed by atoms with Gasteiger partial charge < -0.3 is 20.1 Å². The van der Waals surface area contributed by atoms with Crippen LogP contribution < -0.4 is 15.0 Å². The average molecular weight is 236 g/mol. The van der Waals surface area contributed by atoms with Gasteiger partial charge in [0, 0.05) is 25.7 Å². The highest BCUT2D eigenvalue weighted by atomic mass is 16.5. The minimum absolute atomic E-state index is 0.343. The van der Waals surface area contributed by atoms with Crippen molar-refractivity contribution in [3.63, 3.8) is 0 Å². The molecule has 0 amide bonds. The summed E-state index contributed by atoms with van der Waals surface area (Å²) in [6.45, 7) is 4.28. The number of nitrogens with one attached hydrogen (secondary N) is 1. The molecule has 0 aromatic heterocycles. The van der Waals surface area contributed by atoms with Gasteiger partial charge in [-0.1, -0.05) is 12.1 Å².